The summed E-state index contributed by atoms with van der Waals surface area (Å²) < 4.78 is 0.965. The lowest BCUT2D eigenvalue weighted by atomic mass is 10.2. The monoisotopic (exact) mass is 217 g/mol. The zero-order valence-corrected chi connectivity index (χ0v) is 8.30. The van der Waals surface area contributed by atoms with Crippen LogP contribution in [0.15, 0.2) is 17.5 Å². The Bertz CT molecular complexity index is 436. The lowest BCUT2D eigenvalue weighted by Crippen LogP contribution is -1.83. The molecule has 1 heterocycles. The topological polar surface area (TPSA) is 26.0 Å². The third-order valence-electron chi connectivity index (χ3n) is 1.66. The highest BCUT2D eigenvalue weighted by Gasteiger charge is 2.07. The SMILES string of the molecule is Nc1ccc(Cl)c2c(Cl)csc12. The van der Waals surface area contributed by atoms with Crippen molar-refractivity contribution in [1.82, 2.24) is 0 Å². The highest BCUT2D eigenvalue weighted by Crippen LogP contribution is 2.38. The Balaban J connectivity index is 2.98. The van der Waals surface area contributed by atoms with E-state index in [0.717, 1.165) is 15.8 Å². The van der Waals surface area contributed by atoms with E-state index in [-0.39, 0.29) is 0 Å². The van der Waals surface area contributed by atoms with Crippen LogP contribution in [0.3, 0.4) is 0 Å². The number of halogens is 2. The van der Waals surface area contributed by atoms with Crippen LogP contribution in [0.25, 0.3) is 10.1 Å². The molecule has 0 fully saturated rings. The van der Waals surface area contributed by atoms with Crippen molar-refractivity contribution in [2.45, 2.75) is 0 Å². The lowest BCUT2D eigenvalue weighted by Gasteiger charge is -1.97. The minimum Gasteiger partial charge on any atom is -0.398 e. The zero-order chi connectivity index (χ0) is 8.72. The van der Waals surface area contributed by atoms with Gasteiger partial charge in [-0.3, -0.25) is 0 Å². The lowest BCUT2D eigenvalue weighted by molar-refractivity contribution is 1.80. The van der Waals surface area contributed by atoms with Gasteiger partial charge in [0.05, 0.1) is 14.7 Å². The van der Waals surface area contributed by atoms with Gasteiger partial charge in [-0.2, -0.15) is 0 Å². The Kier molecular flexibility index (Phi) is 1.91. The van der Waals surface area contributed by atoms with Crippen LogP contribution >= 0.6 is 34.5 Å². The van der Waals surface area contributed by atoms with Gasteiger partial charge < -0.3 is 5.73 Å². The molecule has 4 heteroatoms. The summed E-state index contributed by atoms with van der Waals surface area (Å²) in [6.07, 6.45) is 0. The summed E-state index contributed by atoms with van der Waals surface area (Å²) in [7, 11) is 0. The Morgan fingerprint density at radius 2 is 1.92 bits per heavy atom. The van der Waals surface area contributed by atoms with Crippen molar-refractivity contribution in [2.75, 3.05) is 5.73 Å². The van der Waals surface area contributed by atoms with E-state index in [0.29, 0.717) is 10.0 Å². The smallest absolute Gasteiger partial charge is 0.0607 e. The van der Waals surface area contributed by atoms with E-state index in [1.54, 1.807) is 12.1 Å². The van der Waals surface area contributed by atoms with E-state index in [9.17, 15) is 0 Å². The van der Waals surface area contributed by atoms with Crippen molar-refractivity contribution in [3.63, 3.8) is 0 Å². The van der Waals surface area contributed by atoms with Gasteiger partial charge in [0, 0.05) is 16.5 Å². The number of nitrogen functional groups attached to an aromatic ring is 1. The highest BCUT2D eigenvalue weighted by molar-refractivity contribution is 7.18. The fourth-order valence-corrected chi connectivity index (χ4v) is 2.72. The molecule has 0 aliphatic heterocycles. The fourth-order valence-electron chi connectivity index (χ4n) is 1.09. The second-order valence-electron chi connectivity index (χ2n) is 2.42. The first kappa shape index (κ1) is 8.17. The van der Waals surface area contributed by atoms with Gasteiger partial charge in [0.1, 0.15) is 0 Å². The largest absolute Gasteiger partial charge is 0.398 e. The molecule has 2 N–H and O–H groups in total. The molecular weight excluding hydrogens is 213 g/mol. The van der Waals surface area contributed by atoms with Gasteiger partial charge in [0.15, 0.2) is 0 Å². The van der Waals surface area contributed by atoms with Gasteiger partial charge in [-0.05, 0) is 12.1 Å². The summed E-state index contributed by atoms with van der Waals surface area (Å²) in [4.78, 5) is 0. The van der Waals surface area contributed by atoms with Gasteiger partial charge >= 0.3 is 0 Å². The number of hydrogen-bond donors (Lipinski definition) is 1. The molecule has 0 spiro atoms. The average Bonchev–Trinajstić information content (AvgIpc) is 2.42. The van der Waals surface area contributed by atoms with E-state index in [2.05, 4.69) is 0 Å². The summed E-state index contributed by atoms with van der Waals surface area (Å²) in [5.41, 5.74) is 6.46. The van der Waals surface area contributed by atoms with Crippen LogP contribution in [0.4, 0.5) is 5.69 Å². The molecule has 0 aliphatic carbocycles. The van der Waals surface area contributed by atoms with Gasteiger partial charge in [-0.15, -0.1) is 11.3 Å². The molecule has 0 unspecified atom stereocenters. The summed E-state index contributed by atoms with van der Waals surface area (Å²) in [5.74, 6) is 0. The van der Waals surface area contributed by atoms with Crippen LogP contribution in [0.1, 0.15) is 0 Å². The van der Waals surface area contributed by atoms with E-state index in [4.69, 9.17) is 28.9 Å². The predicted octanol–water partition coefficient (Wildman–Crippen LogP) is 3.79. The molecule has 1 aromatic carbocycles. The molecule has 0 radical (unpaired) electrons. The van der Waals surface area contributed by atoms with Crippen LogP contribution in [0.2, 0.25) is 10.0 Å². The summed E-state index contributed by atoms with van der Waals surface area (Å²) in [6, 6.07) is 3.55. The van der Waals surface area contributed by atoms with Gasteiger partial charge in [-0.1, -0.05) is 23.2 Å². The second-order valence-corrected chi connectivity index (χ2v) is 4.12. The summed E-state index contributed by atoms with van der Waals surface area (Å²) >= 11 is 13.4. The van der Waals surface area contributed by atoms with Crippen LogP contribution in [0.5, 0.6) is 0 Å². The van der Waals surface area contributed by atoms with E-state index in [1.807, 2.05) is 5.38 Å². The molecule has 1 aromatic heterocycles. The fraction of sp³-hybridized carbons (Fsp3) is 0. The number of hydrogen-bond acceptors (Lipinski definition) is 2. The molecular formula is C8H5Cl2NS. The molecule has 2 rings (SSSR count). The first-order valence-electron chi connectivity index (χ1n) is 3.31. The molecule has 62 valence electrons. The predicted molar refractivity (Wildman–Crippen MR) is 56.3 cm³/mol. The normalized spacial score (nSPS) is 10.8. The molecule has 0 bridgehead atoms. The van der Waals surface area contributed by atoms with Crippen LogP contribution in [-0.2, 0) is 0 Å². The Hall–Kier alpha value is -0.440. The van der Waals surface area contributed by atoms with Gasteiger partial charge in [0.25, 0.3) is 0 Å². The van der Waals surface area contributed by atoms with Crippen molar-refractivity contribution in [3.05, 3.63) is 27.6 Å². The third kappa shape index (κ3) is 1.07. The van der Waals surface area contributed by atoms with Crippen molar-refractivity contribution in [1.29, 1.82) is 0 Å². The van der Waals surface area contributed by atoms with Crippen molar-refractivity contribution < 1.29 is 0 Å². The zero-order valence-electron chi connectivity index (χ0n) is 5.97. The molecule has 12 heavy (non-hydrogen) atoms. The van der Waals surface area contributed by atoms with Crippen molar-refractivity contribution in [3.8, 4) is 0 Å². The van der Waals surface area contributed by atoms with Gasteiger partial charge in [-0.25, -0.2) is 0 Å². The number of anilines is 1. The molecule has 0 atom stereocenters. The van der Waals surface area contributed by atoms with E-state index in [1.165, 1.54) is 11.3 Å². The highest BCUT2D eigenvalue weighted by atomic mass is 35.5. The molecule has 0 amide bonds. The van der Waals surface area contributed by atoms with E-state index < -0.39 is 0 Å². The average molecular weight is 218 g/mol. The number of thiophene rings is 1. The maximum absolute atomic E-state index is 5.94. The maximum Gasteiger partial charge on any atom is 0.0607 e. The van der Waals surface area contributed by atoms with Crippen LogP contribution in [0, 0.1) is 0 Å². The quantitative estimate of drug-likeness (QED) is 0.669. The van der Waals surface area contributed by atoms with Crippen molar-refractivity contribution >= 4 is 50.3 Å². The molecule has 0 saturated carbocycles. The number of nitrogens with two attached hydrogens (primary N) is 1. The second kappa shape index (κ2) is 2.80. The first-order chi connectivity index (χ1) is 5.70. The Labute approximate surface area is 83.7 Å². The number of fused-ring (bicyclic) bond motifs is 1. The maximum atomic E-state index is 5.94. The molecule has 0 aliphatic rings. The van der Waals surface area contributed by atoms with Crippen LogP contribution in [-0.4, -0.2) is 0 Å². The number of benzene rings is 1. The molecule has 2 aromatic rings. The first-order valence-corrected chi connectivity index (χ1v) is 4.94. The minimum atomic E-state index is 0.658. The summed E-state index contributed by atoms with van der Waals surface area (Å²) in [6.45, 7) is 0. The van der Waals surface area contributed by atoms with Crippen molar-refractivity contribution in [2.24, 2.45) is 0 Å². The number of rotatable bonds is 0. The standard InChI is InChI=1S/C8H5Cl2NS/c9-4-1-2-6(11)8-7(4)5(10)3-12-8/h1-3H,11H2. The Morgan fingerprint density at radius 3 is 2.58 bits per heavy atom. The van der Waals surface area contributed by atoms with Gasteiger partial charge in [0.2, 0.25) is 0 Å². The molecule has 0 saturated heterocycles. The molecule has 1 nitrogen and oxygen atoms in total. The third-order valence-corrected chi connectivity index (χ3v) is 3.43. The summed E-state index contributed by atoms with van der Waals surface area (Å²) in [5, 5.41) is 4.04. The minimum absolute atomic E-state index is 0.658. The Morgan fingerprint density at radius 1 is 1.17 bits per heavy atom. The van der Waals surface area contributed by atoms with Crippen LogP contribution < -0.4 is 5.73 Å². The van der Waals surface area contributed by atoms with E-state index >= 15 is 0 Å².